The minimum atomic E-state index is 0. The van der Waals surface area contributed by atoms with Crippen LogP contribution < -0.4 is 5.32 Å². The van der Waals surface area contributed by atoms with Gasteiger partial charge in [-0.1, -0.05) is 19.0 Å². The van der Waals surface area contributed by atoms with Gasteiger partial charge in [0, 0.05) is 18.8 Å². The summed E-state index contributed by atoms with van der Waals surface area (Å²) in [4.78, 5) is 19.3. The van der Waals surface area contributed by atoms with E-state index in [4.69, 9.17) is 4.52 Å². The molecule has 1 aliphatic heterocycles. The zero-order valence-electron chi connectivity index (χ0n) is 14.6. The molecule has 7 heteroatoms. The average Bonchev–Trinajstić information content (AvgIpc) is 2.97. The number of hydrogen-bond acceptors (Lipinski definition) is 5. The molecule has 0 aromatic carbocycles. The Labute approximate surface area is 148 Å². The van der Waals surface area contributed by atoms with Crippen molar-refractivity contribution in [3.8, 4) is 0 Å². The number of pyridine rings is 1. The lowest BCUT2D eigenvalue weighted by Crippen LogP contribution is -2.44. The molecule has 0 unspecified atom stereocenters. The molecule has 0 spiro atoms. The van der Waals surface area contributed by atoms with E-state index in [1.54, 1.807) is 0 Å². The first-order valence-corrected chi connectivity index (χ1v) is 8.23. The first kappa shape index (κ1) is 18.7. The number of piperidine rings is 1. The number of halogens is 1. The van der Waals surface area contributed by atoms with Gasteiger partial charge in [0.2, 0.25) is 0 Å². The van der Waals surface area contributed by atoms with Crippen LogP contribution in [0.1, 0.15) is 54.4 Å². The molecule has 0 atom stereocenters. The van der Waals surface area contributed by atoms with Crippen molar-refractivity contribution in [2.24, 2.45) is 0 Å². The molecule has 2 aromatic rings. The number of aromatic nitrogens is 2. The molecule has 1 fully saturated rings. The Morgan fingerprint density at radius 3 is 2.67 bits per heavy atom. The third-order valence-electron chi connectivity index (χ3n) is 4.55. The standard InChI is InChI=1S/C17H24N4O2.ClH/c1-10(2)15-14-13(9-11(3)19-16(14)23-20-15)17(22)21(4)12-5-7-18-8-6-12;/h9-10,12,18H,5-8H2,1-4H3;1H. The SMILES string of the molecule is Cc1cc(C(=O)N(C)C2CCNCC2)c2c(C(C)C)noc2n1.Cl. The molecule has 1 N–H and O–H groups in total. The van der Waals surface area contributed by atoms with Crippen molar-refractivity contribution in [3.05, 3.63) is 23.0 Å². The van der Waals surface area contributed by atoms with Gasteiger partial charge in [0.1, 0.15) is 0 Å². The first-order chi connectivity index (χ1) is 11.0. The number of carbonyl (C=O) groups is 1. The summed E-state index contributed by atoms with van der Waals surface area (Å²) in [6.07, 6.45) is 1.96. The normalized spacial score (nSPS) is 15.5. The van der Waals surface area contributed by atoms with Gasteiger partial charge in [-0.05, 0) is 44.8 Å². The summed E-state index contributed by atoms with van der Waals surface area (Å²) in [6, 6.07) is 2.13. The smallest absolute Gasteiger partial charge is 0.259 e. The van der Waals surface area contributed by atoms with Gasteiger partial charge in [0.15, 0.2) is 0 Å². The topological polar surface area (TPSA) is 71.3 Å². The number of nitrogens with zero attached hydrogens (tertiary/aromatic N) is 3. The van der Waals surface area contributed by atoms with Crippen LogP contribution in [0.25, 0.3) is 11.1 Å². The maximum atomic E-state index is 13.1. The summed E-state index contributed by atoms with van der Waals surface area (Å²) in [5, 5.41) is 8.23. The van der Waals surface area contributed by atoms with E-state index < -0.39 is 0 Å². The van der Waals surface area contributed by atoms with Crippen molar-refractivity contribution in [1.29, 1.82) is 0 Å². The number of hydrogen-bond donors (Lipinski definition) is 1. The van der Waals surface area contributed by atoms with Gasteiger partial charge in [-0.3, -0.25) is 4.79 Å². The molecule has 0 bridgehead atoms. The van der Waals surface area contributed by atoms with Crippen LogP contribution in [0.3, 0.4) is 0 Å². The van der Waals surface area contributed by atoms with Gasteiger partial charge < -0.3 is 14.7 Å². The highest BCUT2D eigenvalue weighted by Crippen LogP contribution is 2.29. The molecule has 24 heavy (non-hydrogen) atoms. The lowest BCUT2D eigenvalue weighted by molar-refractivity contribution is 0.0705. The number of amides is 1. The van der Waals surface area contributed by atoms with Gasteiger partial charge in [-0.2, -0.15) is 0 Å². The van der Waals surface area contributed by atoms with E-state index in [0.29, 0.717) is 11.3 Å². The highest BCUT2D eigenvalue weighted by Gasteiger charge is 2.27. The summed E-state index contributed by atoms with van der Waals surface area (Å²) in [5.41, 5.74) is 2.68. The van der Waals surface area contributed by atoms with Crippen molar-refractivity contribution in [1.82, 2.24) is 20.4 Å². The van der Waals surface area contributed by atoms with Crippen molar-refractivity contribution in [3.63, 3.8) is 0 Å². The van der Waals surface area contributed by atoms with E-state index in [-0.39, 0.29) is 30.3 Å². The van der Waals surface area contributed by atoms with Crippen LogP contribution in [-0.2, 0) is 0 Å². The van der Waals surface area contributed by atoms with Crippen LogP contribution in [0.5, 0.6) is 0 Å². The van der Waals surface area contributed by atoms with Crippen molar-refractivity contribution in [2.75, 3.05) is 20.1 Å². The summed E-state index contributed by atoms with van der Waals surface area (Å²) in [5.74, 6) is 0.203. The first-order valence-electron chi connectivity index (χ1n) is 8.23. The molecule has 0 saturated carbocycles. The van der Waals surface area contributed by atoms with E-state index in [1.807, 2.05) is 38.8 Å². The lowest BCUT2D eigenvalue weighted by atomic mass is 10.00. The number of rotatable bonds is 3. The predicted molar refractivity (Wildman–Crippen MR) is 95.9 cm³/mol. The van der Waals surface area contributed by atoms with Crippen LogP contribution >= 0.6 is 12.4 Å². The van der Waals surface area contributed by atoms with E-state index in [1.165, 1.54) is 0 Å². The number of carbonyl (C=O) groups excluding carboxylic acids is 1. The minimum absolute atomic E-state index is 0. The fourth-order valence-electron chi connectivity index (χ4n) is 3.21. The van der Waals surface area contributed by atoms with Gasteiger partial charge in [-0.25, -0.2) is 4.98 Å². The maximum Gasteiger partial charge on any atom is 0.259 e. The fourth-order valence-corrected chi connectivity index (χ4v) is 3.21. The van der Waals surface area contributed by atoms with Gasteiger partial charge in [0.25, 0.3) is 11.6 Å². The second-order valence-electron chi connectivity index (χ2n) is 6.61. The Kier molecular flexibility index (Phi) is 5.83. The van der Waals surface area contributed by atoms with Gasteiger partial charge in [-0.15, -0.1) is 12.4 Å². The molecule has 1 aliphatic rings. The molecule has 0 radical (unpaired) electrons. The second kappa shape index (κ2) is 7.49. The van der Waals surface area contributed by atoms with Crippen molar-refractivity contribution in [2.45, 2.75) is 45.6 Å². The monoisotopic (exact) mass is 352 g/mol. The quantitative estimate of drug-likeness (QED) is 0.919. The van der Waals surface area contributed by atoms with Gasteiger partial charge >= 0.3 is 0 Å². The van der Waals surface area contributed by atoms with Crippen molar-refractivity contribution >= 4 is 29.4 Å². The molecule has 132 valence electrons. The van der Waals surface area contributed by atoms with E-state index in [9.17, 15) is 4.79 Å². The van der Waals surface area contributed by atoms with Crippen LogP contribution in [0.4, 0.5) is 0 Å². The van der Waals surface area contributed by atoms with Crippen molar-refractivity contribution < 1.29 is 9.32 Å². The molecular weight excluding hydrogens is 328 g/mol. The van der Waals surface area contributed by atoms with E-state index in [2.05, 4.69) is 15.5 Å². The van der Waals surface area contributed by atoms with Gasteiger partial charge in [0.05, 0.1) is 16.6 Å². The Morgan fingerprint density at radius 2 is 2.04 bits per heavy atom. The molecule has 1 saturated heterocycles. The molecule has 0 aliphatic carbocycles. The average molecular weight is 353 g/mol. The van der Waals surface area contributed by atoms with Crippen LogP contribution in [0.15, 0.2) is 10.6 Å². The summed E-state index contributed by atoms with van der Waals surface area (Å²) < 4.78 is 5.37. The van der Waals surface area contributed by atoms with Crippen LogP contribution in [0.2, 0.25) is 0 Å². The molecule has 6 nitrogen and oxygen atoms in total. The maximum absolute atomic E-state index is 13.1. The highest BCUT2D eigenvalue weighted by molar-refractivity contribution is 6.06. The van der Waals surface area contributed by atoms with E-state index >= 15 is 0 Å². The fraction of sp³-hybridized carbons (Fsp3) is 0.588. The number of fused-ring (bicyclic) bond motifs is 1. The Balaban J connectivity index is 0.00000208. The summed E-state index contributed by atoms with van der Waals surface area (Å²) in [7, 11) is 1.89. The zero-order chi connectivity index (χ0) is 16.6. The Hall–Kier alpha value is -1.66. The minimum Gasteiger partial charge on any atom is -0.339 e. The largest absolute Gasteiger partial charge is 0.339 e. The molecule has 1 amide bonds. The number of aryl methyl sites for hydroxylation is 1. The summed E-state index contributed by atoms with van der Waals surface area (Å²) >= 11 is 0. The summed E-state index contributed by atoms with van der Waals surface area (Å²) in [6.45, 7) is 7.87. The van der Waals surface area contributed by atoms with Crippen LogP contribution in [0, 0.1) is 6.92 Å². The molecule has 3 rings (SSSR count). The van der Waals surface area contributed by atoms with Crippen LogP contribution in [-0.4, -0.2) is 47.1 Å². The third-order valence-corrected chi connectivity index (χ3v) is 4.55. The number of nitrogens with one attached hydrogen (secondary N) is 1. The molecular formula is C17H25ClN4O2. The highest BCUT2D eigenvalue weighted by atomic mass is 35.5. The second-order valence-corrected chi connectivity index (χ2v) is 6.61. The lowest BCUT2D eigenvalue weighted by Gasteiger charge is -2.31. The van der Waals surface area contributed by atoms with E-state index in [0.717, 1.165) is 42.7 Å². The molecule has 3 heterocycles. The Morgan fingerprint density at radius 1 is 1.38 bits per heavy atom. The predicted octanol–water partition coefficient (Wildman–Crippen LogP) is 2.90. The zero-order valence-corrected chi connectivity index (χ0v) is 15.4. The third kappa shape index (κ3) is 3.39. The Bertz CT molecular complexity index is 723. The molecule has 2 aromatic heterocycles.